The monoisotopic (exact) mass is 230 g/mol. The van der Waals surface area contributed by atoms with Crippen molar-refractivity contribution >= 4 is 17.7 Å². The van der Waals surface area contributed by atoms with Gasteiger partial charge >= 0.3 is 5.97 Å². The molecule has 3 N–H and O–H groups in total. The molecule has 0 unspecified atom stereocenters. The smallest absolute Gasteiger partial charge is 0.321 e. The highest BCUT2D eigenvalue weighted by Gasteiger charge is 2.16. The fraction of sp³-hybridized carbons (Fsp3) is 0.800. The normalized spacial score (nSPS) is 13.2. The quantitative estimate of drug-likeness (QED) is 0.646. The minimum Gasteiger partial charge on any atom is -0.480 e. The summed E-state index contributed by atoms with van der Waals surface area (Å²) in [6.07, 6.45) is 1.75. The first kappa shape index (κ1) is 14.3. The Labute approximate surface area is 94.8 Å². The van der Waals surface area contributed by atoms with Crippen molar-refractivity contribution in [2.24, 2.45) is 11.1 Å². The summed E-state index contributed by atoms with van der Waals surface area (Å²) in [5, 5.41) is 17.3. The van der Waals surface area contributed by atoms with Crippen molar-refractivity contribution in [1.29, 1.82) is 5.26 Å². The van der Waals surface area contributed by atoms with Crippen LogP contribution in [0.2, 0.25) is 0 Å². The Morgan fingerprint density at radius 1 is 1.67 bits per heavy atom. The van der Waals surface area contributed by atoms with E-state index in [1.807, 2.05) is 13.8 Å². The second-order valence-corrected chi connectivity index (χ2v) is 5.27. The number of rotatable bonds is 7. The third kappa shape index (κ3) is 7.23. The van der Waals surface area contributed by atoms with Crippen LogP contribution in [-0.2, 0) is 4.79 Å². The van der Waals surface area contributed by atoms with E-state index in [1.165, 1.54) is 11.8 Å². The van der Waals surface area contributed by atoms with E-state index in [2.05, 4.69) is 6.07 Å². The van der Waals surface area contributed by atoms with Crippen molar-refractivity contribution in [2.45, 2.75) is 32.7 Å². The predicted molar refractivity (Wildman–Crippen MR) is 61.6 cm³/mol. The number of nitriles is 1. The molecule has 0 bridgehead atoms. The Morgan fingerprint density at radius 3 is 2.73 bits per heavy atom. The van der Waals surface area contributed by atoms with Gasteiger partial charge < -0.3 is 10.8 Å². The Hall–Kier alpha value is -0.730. The molecule has 0 saturated heterocycles. The molecule has 0 rings (SSSR count). The van der Waals surface area contributed by atoms with Crippen LogP contribution in [0, 0.1) is 16.7 Å². The molecule has 0 aromatic rings. The summed E-state index contributed by atoms with van der Waals surface area (Å²) in [6, 6.07) is 1.45. The van der Waals surface area contributed by atoms with Crippen molar-refractivity contribution in [1.82, 2.24) is 0 Å². The van der Waals surface area contributed by atoms with Gasteiger partial charge in [-0.1, -0.05) is 0 Å². The van der Waals surface area contributed by atoms with Gasteiger partial charge in [0.25, 0.3) is 0 Å². The molecule has 86 valence electrons. The molecule has 4 nitrogen and oxygen atoms in total. The largest absolute Gasteiger partial charge is 0.480 e. The molecular weight excluding hydrogens is 212 g/mol. The SMILES string of the molecule is CC(C)(C#N)CCCSC[C@H](N)C(=O)O. The summed E-state index contributed by atoms with van der Waals surface area (Å²) in [4.78, 5) is 10.4. The standard InChI is InChI=1S/C10H18N2O2S/c1-10(2,7-11)4-3-5-15-6-8(12)9(13)14/h8H,3-6,12H2,1-2H3,(H,13,14)/t8-/m0/s1. The summed E-state index contributed by atoms with van der Waals surface area (Å²) in [7, 11) is 0. The highest BCUT2D eigenvalue weighted by molar-refractivity contribution is 7.99. The molecule has 0 saturated carbocycles. The molecule has 0 aliphatic heterocycles. The zero-order valence-electron chi connectivity index (χ0n) is 9.19. The lowest BCUT2D eigenvalue weighted by Gasteiger charge is -2.14. The van der Waals surface area contributed by atoms with Crippen LogP contribution in [0.3, 0.4) is 0 Å². The van der Waals surface area contributed by atoms with E-state index in [9.17, 15) is 4.79 Å². The molecule has 0 aromatic heterocycles. The molecule has 0 aliphatic carbocycles. The van der Waals surface area contributed by atoms with Gasteiger partial charge in [-0.2, -0.15) is 17.0 Å². The van der Waals surface area contributed by atoms with Crippen LogP contribution in [0.5, 0.6) is 0 Å². The summed E-state index contributed by atoms with van der Waals surface area (Å²) in [6.45, 7) is 3.81. The molecule has 0 aliphatic rings. The van der Waals surface area contributed by atoms with Crippen LogP contribution < -0.4 is 5.73 Å². The van der Waals surface area contributed by atoms with Gasteiger partial charge in [-0.3, -0.25) is 4.79 Å². The molecule has 0 spiro atoms. The van der Waals surface area contributed by atoms with Crippen LogP contribution in [0.4, 0.5) is 0 Å². The van der Waals surface area contributed by atoms with Gasteiger partial charge in [0, 0.05) is 5.75 Å². The van der Waals surface area contributed by atoms with Crippen LogP contribution >= 0.6 is 11.8 Å². The second-order valence-electron chi connectivity index (χ2n) is 4.12. The second kappa shape index (κ2) is 6.70. The number of carboxylic acid groups (broad SMARTS) is 1. The van der Waals surface area contributed by atoms with E-state index in [-0.39, 0.29) is 5.41 Å². The van der Waals surface area contributed by atoms with Crippen molar-refractivity contribution in [3.8, 4) is 6.07 Å². The maximum absolute atomic E-state index is 10.4. The molecular formula is C10H18N2O2S. The molecule has 0 radical (unpaired) electrons. The van der Waals surface area contributed by atoms with Crippen LogP contribution in [-0.4, -0.2) is 28.6 Å². The van der Waals surface area contributed by atoms with Gasteiger partial charge in [0.2, 0.25) is 0 Å². The average molecular weight is 230 g/mol. The Morgan fingerprint density at radius 2 is 2.27 bits per heavy atom. The first-order chi connectivity index (χ1) is 6.89. The van der Waals surface area contributed by atoms with Gasteiger partial charge in [0.15, 0.2) is 0 Å². The van der Waals surface area contributed by atoms with Crippen molar-refractivity contribution in [3.63, 3.8) is 0 Å². The van der Waals surface area contributed by atoms with E-state index >= 15 is 0 Å². The Balaban J connectivity index is 3.49. The third-order valence-electron chi connectivity index (χ3n) is 2.01. The first-order valence-electron chi connectivity index (χ1n) is 4.86. The molecule has 0 amide bonds. The molecule has 0 aromatic carbocycles. The zero-order valence-corrected chi connectivity index (χ0v) is 10.0. The average Bonchev–Trinajstić information content (AvgIpc) is 2.16. The van der Waals surface area contributed by atoms with Crippen LogP contribution in [0.1, 0.15) is 26.7 Å². The fourth-order valence-electron chi connectivity index (χ4n) is 0.954. The maximum atomic E-state index is 10.4. The van der Waals surface area contributed by atoms with E-state index in [4.69, 9.17) is 16.1 Å². The molecule has 15 heavy (non-hydrogen) atoms. The van der Waals surface area contributed by atoms with Gasteiger partial charge in [-0.25, -0.2) is 0 Å². The molecule has 1 atom stereocenters. The molecule has 0 fully saturated rings. The fourth-order valence-corrected chi connectivity index (χ4v) is 1.87. The minimum absolute atomic E-state index is 0.282. The highest BCUT2D eigenvalue weighted by atomic mass is 32.2. The molecule has 5 heteroatoms. The van der Waals surface area contributed by atoms with Gasteiger partial charge in [-0.15, -0.1) is 0 Å². The first-order valence-corrected chi connectivity index (χ1v) is 6.02. The number of aliphatic carboxylic acids is 1. The van der Waals surface area contributed by atoms with E-state index in [1.54, 1.807) is 0 Å². The topological polar surface area (TPSA) is 87.1 Å². The van der Waals surface area contributed by atoms with Crippen molar-refractivity contribution in [3.05, 3.63) is 0 Å². The number of nitrogens with zero attached hydrogens (tertiary/aromatic N) is 1. The lowest BCUT2D eigenvalue weighted by atomic mass is 9.90. The number of hydrogen-bond acceptors (Lipinski definition) is 4. The number of carboxylic acids is 1. The van der Waals surface area contributed by atoms with E-state index in [0.29, 0.717) is 5.75 Å². The van der Waals surface area contributed by atoms with Crippen LogP contribution in [0.25, 0.3) is 0 Å². The Bertz CT molecular complexity index is 248. The van der Waals surface area contributed by atoms with Crippen molar-refractivity contribution in [2.75, 3.05) is 11.5 Å². The number of thioether (sulfide) groups is 1. The van der Waals surface area contributed by atoms with Crippen LogP contribution in [0.15, 0.2) is 0 Å². The predicted octanol–water partition coefficient (Wildman–Crippen LogP) is 1.46. The molecule has 0 heterocycles. The number of nitrogens with two attached hydrogens (primary N) is 1. The lowest BCUT2D eigenvalue weighted by Crippen LogP contribution is -2.32. The Kier molecular flexibility index (Phi) is 6.37. The van der Waals surface area contributed by atoms with E-state index < -0.39 is 12.0 Å². The zero-order chi connectivity index (χ0) is 11.9. The summed E-state index contributed by atoms with van der Waals surface area (Å²) < 4.78 is 0. The highest BCUT2D eigenvalue weighted by Crippen LogP contribution is 2.21. The summed E-state index contributed by atoms with van der Waals surface area (Å²) >= 11 is 1.53. The number of carbonyl (C=O) groups is 1. The number of hydrogen-bond donors (Lipinski definition) is 2. The maximum Gasteiger partial charge on any atom is 0.321 e. The van der Waals surface area contributed by atoms with E-state index in [0.717, 1.165) is 18.6 Å². The third-order valence-corrected chi connectivity index (χ3v) is 3.18. The lowest BCUT2D eigenvalue weighted by molar-refractivity contribution is -0.137. The summed E-state index contributed by atoms with van der Waals surface area (Å²) in [5.41, 5.74) is 5.06. The minimum atomic E-state index is -0.958. The van der Waals surface area contributed by atoms with Crippen molar-refractivity contribution < 1.29 is 9.90 Å². The van der Waals surface area contributed by atoms with Gasteiger partial charge in [-0.05, 0) is 32.4 Å². The summed E-state index contributed by atoms with van der Waals surface area (Å²) in [5.74, 6) is 0.328. The van der Waals surface area contributed by atoms with Gasteiger partial charge in [0.1, 0.15) is 6.04 Å². The van der Waals surface area contributed by atoms with Gasteiger partial charge in [0.05, 0.1) is 11.5 Å².